The van der Waals surface area contributed by atoms with Gasteiger partial charge in [0.15, 0.2) is 0 Å². The van der Waals surface area contributed by atoms with Crippen LogP contribution in [0.15, 0.2) is 0 Å². The third-order valence-electron chi connectivity index (χ3n) is 3.03. The minimum absolute atomic E-state index is 0.0524. The number of rotatable bonds is 5. The molecule has 1 aliphatic heterocycles. The molecule has 0 unspecified atom stereocenters. The highest BCUT2D eigenvalue weighted by Gasteiger charge is 2.30. The molecular formula is C12H24N2O3. The summed E-state index contributed by atoms with van der Waals surface area (Å²) in [7, 11) is 0. The molecule has 0 bridgehead atoms. The summed E-state index contributed by atoms with van der Waals surface area (Å²) in [4.78, 5) is 11.6. The van der Waals surface area contributed by atoms with E-state index in [0.29, 0.717) is 45.4 Å². The first kappa shape index (κ1) is 14.4. The van der Waals surface area contributed by atoms with Gasteiger partial charge in [-0.25, -0.2) is 0 Å². The number of aliphatic hydroxyl groups is 1. The molecule has 0 aromatic carbocycles. The minimum atomic E-state index is -0.799. The van der Waals surface area contributed by atoms with Crippen LogP contribution >= 0.6 is 0 Å². The van der Waals surface area contributed by atoms with Crippen molar-refractivity contribution < 1.29 is 14.6 Å². The summed E-state index contributed by atoms with van der Waals surface area (Å²) in [6.07, 6.45) is 2.20. The van der Waals surface area contributed by atoms with E-state index in [2.05, 4.69) is 5.32 Å². The molecule has 1 heterocycles. The van der Waals surface area contributed by atoms with Crippen molar-refractivity contribution >= 4 is 5.91 Å². The Morgan fingerprint density at radius 1 is 1.47 bits per heavy atom. The Kier molecular flexibility index (Phi) is 4.91. The first-order valence-corrected chi connectivity index (χ1v) is 6.17. The molecule has 0 aromatic heterocycles. The fourth-order valence-electron chi connectivity index (χ4n) is 1.72. The number of carbonyl (C=O) groups excluding carboxylic acids is 1. The van der Waals surface area contributed by atoms with Crippen LogP contribution < -0.4 is 11.1 Å². The third-order valence-corrected chi connectivity index (χ3v) is 3.03. The van der Waals surface area contributed by atoms with Gasteiger partial charge in [0.05, 0.1) is 5.60 Å². The topological polar surface area (TPSA) is 84.6 Å². The maximum Gasteiger partial charge on any atom is 0.220 e. The molecule has 0 atom stereocenters. The Balaban J connectivity index is 2.23. The second kappa shape index (κ2) is 5.80. The summed E-state index contributed by atoms with van der Waals surface area (Å²) in [5, 5.41) is 12.9. The van der Waals surface area contributed by atoms with Gasteiger partial charge >= 0.3 is 0 Å². The first-order valence-electron chi connectivity index (χ1n) is 6.17. The molecule has 5 nitrogen and oxygen atoms in total. The van der Waals surface area contributed by atoms with Crippen LogP contribution in [0, 0.1) is 0 Å². The zero-order valence-corrected chi connectivity index (χ0v) is 10.8. The van der Waals surface area contributed by atoms with Gasteiger partial charge < -0.3 is 20.9 Å². The van der Waals surface area contributed by atoms with Crippen LogP contribution in [-0.2, 0) is 9.53 Å². The highest BCUT2D eigenvalue weighted by atomic mass is 16.5. The van der Waals surface area contributed by atoms with Crippen molar-refractivity contribution in [1.82, 2.24) is 5.32 Å². The summed E-state index contributed by atoms with van der Waals surface area (Å²) in [6.45, 7) is 5.21. The highest BCUT2D eigenvalue weighted by Crippen LogP contribution is 2.19. The molecule has 100 valence electrons. The molecule has 0 radical (unpaired) electrons. The van der Waals surface area contributed by atoms with E-state index in [9.17, 15) is 9.90 Å². The fourth-order valence-corrected chi connectivity index (χ4v) is 1.72. The summed E-state index contributed by atoms with van der Waals surface area (Å²) in [5.74, 6) is -0.0524. The second-order valence-corrected chi connectivity index (χ2v) is 5.60. The average Bonchev–Trinajstić information content (AvgIpc) is 2.24. The molecular weight excluding hydrogens is 220 g/mol. The Labute approximate surface area is 103 Å². The lowest BCUT2D eigenvalue weighted by molar-refractivity contribution is -0.124. The molecule has 0 aromatic rings. The van der Waals surface area contributed by atoms with Crippen molar-refractivity contribution in [2.45, 2.75) is 50.7 Å². The molecule has 0 spiro atoms. The second-order valence-electron chi connectivity index (χ2n) is 5.60. The summed E-state index contributed by atoms with van der Waals surface area (Å²) in [6, 6.07) is 0. The predicted molar refractivity (Wildman–Crippen MR) is 65.5 cm³/mol. The minimum Gasteiger partial charge on any atom is -0.388 e. The van der Waals surface area contributed by atoms with E-state index in [-0.39, 0.29) is 11.4 Å². The van der Waals surface area contributed by atoms with Gasteiger partial charge in [-0.05, 0) is 20.3 Å². The molecule has 0 aliphatic carbocycles. The molecule has 4 N–H and O–H groups in total. The molecule has 1 saturated heterocycles. The lowest BCUT2D eigenvalue weighted by Gasteiger charge is -2.32. The van der Waals surface area contributed by atoms with Crippen molar-refractivity contribution in [2.75, 3.05) is 19.8 Å². The Hall–Kier alpha value is -0.650. The van der Waals surface area contributed by atoms with Crippen molar-refractivity contribution in [3.63, 3.8) is 0 Å². The van der Waals surface area contributed by atoms with Gasteiger partial charge in [-0.15, -0.1) is 0 Å². The van der Waals surface area contributed by atoms with Gasteiger partial charge in [0, 0.05) is 44.6 Å². The van der Waals surface area contributed by atoms with Crippen LogP contribution in [0.2, 0.25) is 0 Å². The highest BCUT2D eigenvalue weighted by molar-refractivity contribution is 5.76. The van der Waals surface area contributed by atoms with Gasteiger partial charge in [0.2, 0.25) is 5.91 Å². The average molecular weight is 244 g/mol. The van der Waals surface area contributed by atoms with Gasteiger partial charge in [0.1, 0.15) is 0 Å². The fraction of sp³-hybridized carbons (Fsp3) is 0.917. The van der Waals surface area contributed by atoms with E-state index < -0.39 is 5.60 Å². The number of carbonyl (C=O) groups is 1. The monoisotopic (exact) mass is 244 g/mol. The third kappa shape index (κ3) is 6.00. The molecule has 1 amide bonds. The van der Waals surface area contributed by atoms with Crippen LogP contribution in [0.1, 0.15) is 39.5 Å². The molecule has 17 heavy (non-hydrogen) atoms. The molecule has 1 rings (SSSR count). The van der Waals surface area contributed by atoms with Crippen molar-refractivity contribution in [2.24, 2.45) is 5.73 Å². The predicted octanol–water partition coefficient (Wildman–Crippen LogP) is 0.162. The normalized spacial score (nSPS) is 20.0. The number of nitrogens with two attached hydrogens (primary N) is 1. The van der Waals surface area contributed by atoms with Crippen LogP contribution in [0.4, 0.5) is 0 Å². The van der Waals surface area contributed by atoms with Gasteiger partial charge in [-0.2, -0.15) is 0 Å². The van der Waals surface area contributed by atoms with Crippen molar-refractivity contribution in [3.05, 3.63) is 0 Å². The van der Waals surface area contributed by atoms with Crippen LogP contribution in [0.25, 0.3) is 0 Å². The van der Waals surface area contributed by atoms with Crippen molar-refractivity contribution in [3.8, 4) is 0 Å². The standard InChI is InChI=1S/C12H24N2O3/c1-11(2,13)4-3-10(15)14-9-12(16)5-7-17-8-6-12/h16H,3-9,13H2,1-2H3,(H,14,15). The zero-order chi connectivity index (χ0) is 12.9. The number of hydrogen-bond donors (Lipinski definition) is 3. The number of ether oxygens (including phenoxy) is 1. The Morgan fingerprint density at radius 3 is 2.59 bits per heavy atom. The largest absolute Gasteiger partial charge is 0.388 e. The number of nitrogens with one attached hydrogen (secondary N) is 1. The molecule has 1 fully saturated rings. The smallest absolute Gasteiger partial charge is 0.220 e. The van der Waals surface area contributed by atoms with E-state index >= 15 is 0 Å². The van der Waals surface area contributed by atoms with E-state index in [1.165, 1.54) is 0 Å². The first-order chi connectivity index (χ1) is 7.81. The lowest BCUT2D eigenvalue weighted by atomic mass is 9.94. The molecule has 5 heteroatoms. The number of amides is 1. The van der Waals surface area contributed by atoms with E-state index in [0.717, 1.165) is 0 Å². The van der Waals surface area contributed by atoms with Crippen molar-refractivity contribution in [1.29, 1.82) is 0 Å². The maximum atomic E-state index is 11.6. The van der Waals surface area contributed by atoms with Gasteiger partial charge in [-0.3, -0.25) is 4.79 Å². The van der Waals surface area contributed by atoms with Gasteiger partial charge in [-0.1, -0.05) is 0 Å². The van der Waals surface area contributed by atoms with Gasteiger partial charge in [0.25, 0.3) is 0 Å². The van der Waals surface area contributed by atoms with E-state index in [4.69, 9.17) is 10.5 Å². The SMILES string of the molecule is CC(C)(N)CCC(=O)NCC1(O)CCOCC1. The lowest BCUT2D eigenvalue weighted by Crippen LogP contribution is -2.47. The number of hydrogen-bond acceptors (Lipinski definition) is 4. The van der Waals surface area contributed by atoms with E-state index in [1.807, 2.05) is 13.8 Å². The zero-order valence-electron chi connectivity index (χ0n) is 10.8. The van der Waals surface area contributed by atoms with E-state index in [1.54, 1.807) is 0 Å². The molecule has 0 saturated carbocycles. The summed E-state index contributed by atoms with van der Waals surface area (Å²) < 4.78 is 5.17. The Bertz CT molecular complexity index is 255. The molecule has 1 aliphatic rings. The summed E-state index contributed by atoms with van der Waals surface area (Å²) >= 11 is 0. The van der Waals surface area contributed by atoms with Crippen LogP contribution in [-0.4, -0.2) is 41.9 Å². The summed E-state index contributed by atoms with van der Waals surface area (Å²) in [5.41, 5.74) is 4.68. The maximum absolute atomic E-state index is 11.6. The quantitative estimate of drug-likeness (QED) is 0.643. The van der Waals surface area contributed by atoms with Crippen LogP contribution in [0.5, 0.6) is 0 Å². The Morgan fingerprint density at radius 2 is 2.06 bits per heavy atom. The van der Waals surface area contributed by atoms with Crippen LogP contribution in [0.3, 0.4) is 0 Å².